The molecule has 0 aromatic heterocycles. The van der Waals surface area contributed by atoms with Crippen LogP contribution in [0, 0.1) is 11.6 Å². The average molecular weight is 371 g/mol. The van der Waals surface area contributed by atoms with Gasteiger partial charge in [-0.05, 0) is 42.9 Å². The number of hydrogen-bond acceptors (Lipinski definition) is 5. The van der Waals surface area contributed by atoms with Gasteiger partial charge in [-0.1, -0.05) is 6.07 Å². The maximum Gasteiger partial charge on any atom is 0.341 e. The second-order valence-electron chi connectivity index (χ2n) is 4.89. The molecule has 0 fully saturated rings. The molecule has 2 rings (SSSR count). The number of carbonyl (C=O) groups excluding carboxylic acids is 1. The molecule has 0 unspecified atom stereocenters. The number of esters is 1. The van der Waals surface area contributed by atoms with Crippen LogP contribution in [0.1, 0.15) is 15.9 Å². The van der Waals surface area contributed by atoms with Crippen LogP contribution in [0.5, 0.6) is 5.75 Å². The lowest BCUT2D eigenvalue weighted by molar-refractivity contribution is 0.0466. The number of ether oxygens (including phenoxy) is 2. The Hall–Kier alpha value is -2.52. The van der Waals surface area contributed by atoms with Gasteiger partial charge in [0.25, 0.3) is 0 Å². The van der Waals surface area contributed by atoms with Gasteiger partial charge in [-0.3, -0.25) is 0 Å². The molecule has 0 aliphatic carbocycles. The highest BCUT2D eigenvalue weighted by molar-refractivity contribution is 7.89. The van der Waals surface area contributed by atoms with Gasteiger partial charge in [-0.2, -0.15) is 0 Å². The van der Waals surface area contributed by atoms with Crippen LogP contribution in [0.3, 0.4) is 0 Å². The molecule has 0 saturated carbocycles. The molecule has 0 spiro atoms. The van der Waals surface area contributed by atoms with Crippen molar-refractivity contribution in [1.82, 2.24) is 4.72 Å². The maximum absolute atomic E-state index is 13.8. The normalized spacial score (nSPS) is 11.2. The van der Waals surface area contributed by atoms with E-state index in [2.05, 4.69) is 4.72 Å². The molecule has 0 saturated heterocycles. The number of rotatable bonds is 6. The SMILES string of the molecule is CNS(=O)(=O)c1ccc(F)c(C(=O)OCc2ccc(OC)c(F)c2)c1. The molecule has 2 aromatic carbocycles. The fourth-order valence-corrected chi connectivity index (χ4v) is 2.73. The molecule has 0 aliphatic rings. The third kappa shape index (κ3) is 4.31. The Morgan fingerprint density at radius 1 is 1.12 bits per heavy atom. The summed E-state index contributed by atoms with van der Waals surface area (Å²) in [5.41, 5.74) is -0.212. The van der Waals surface area contributed by atoms with Gasteiger partial charge in [0.1, 0.15) is 12.4 Å². The van der Waals surface area contributed by atoms with E-state index in [4.69, 9.17) is 9.47 Å². The maximum atomic E-state index is 13.8. The third-order valence-corrected chi connectivity index (χ3v) is 4.73. The molecule has 1 N–H and O–H groups in total. The molecule has 0 radical (unpaired) electrons. The summed E-state index contributed by atoms with van der Waals surface area (Å²) in [5.74, 6) is -2.60. The number of methoxy groups -OCH3 is 1. The summed E-state index contributed by atoms with van der Waals surface area (Å²) in [4.78, 5) is 11.7. The number of nitrogens with one attached hydrogen (secondary N) is 1. The Morgan fingerprint density at radius 3 is 2.44 bits per heavy atom. The van der Waals surface area contributed by atoms with Crippen LogP contribution >= 0.6 is 0 Å². The second-order valence-corrected chi connectivity index (χ2v) is 6.78. The van der Waals surface area contributed by atoms with E-state index in [1.807, 2.05) is 0 Å². The Morgan fingerprint density at radius 2 is 1.84 bits per heavy atom. The molecule has 0 bridgehead atoms. The predicted octanol–water partition coefficient (Wildman–Crippen LogP) is 2.24. The highest BCUT2D eigenvalue weighted by atomic mass is 32.2. The van der Waals surface area contributed by atoms with Crippen molar-refractivity contribution < 1.29 is 31.5 Å². The quantitative estimate of drug-likeness (QED) is 0.788. The van der Waals surface area contributed by atoms with Crippen LogP contribution in [0.2, 0.25) is 0 Å². The van der Waals surface area contributed by atoms with E-state index in [1.165, 1.54) is 26.3 Å². The van der Waals surface area contributed by atoms with Crippen molar-refractivity contribution in [3.8, 4) is 5.75 Å². The molecular weight excluding hydrogens is 356 g/mol. The van der Waals surface area contributed by atoms with E-state index in [0.717, 1.165) is 24.3 Å². The number of carbonyl (C=O) groups is 1. The van der Waals surface area contributed by atoms with Gasteiger partial charge in [0.05, 0.1) is 17.6 Å². The van der Waals surface area contributed by atoms with Crippen LogP contribution in [0.4, 0.5) is 8.78 Å². The van der Waals surface area contributed by atoms with Crippen molar-refractivity contribution >= 4 is 16.0 Å². The molecular formula is C16H15F2NO5S. The zero-order valence-electron chi connectivity index (χ0n) is 13.4. The first-order chi connectivity index (χ1) is 11.8. The number of benzene rings is 2. The highest BCUT2D eigenvalue weighted by Crippen LogP contribution is 2.20. The fourth-order valence-electron chi connectivity index (χ4n) is 1.97. The van der Waals surface area contributed by atoms with Gasteiger partial charge in [0.2, 0.25) is 10.0 Å². The standard InChI is InChI=1S/C16H15F2NO5S/c1-19-25(21,22)11-4-5-13(17)12(8-11)16(20)24-9-10-3-6-15(23-2)14(18)7-10/h3-8,19H,9H2,1-2H3. The molecule has 134 valence electrons. The van der Waals surface area contributed by atoms with Crippen molar-refractivity contribution in [3.05, 3.63) is 59.2 Å². The Labute approximate surface area is 143 Å². The van der Waals surface area contributed by atoms with Gasteiger partial charge in [0.15, 0.2) is 11.6 Å². The number of sulfonamides is 1. The Kier molecular flexibility index (Phi) is 5.70. The van der Waals surface area contributed by atoms with Crippen molar-refractivity contribution in [2.24, 2.45) is 0 Å². The first-order valence-corrected chi connectivity index (χ1v) is 8.49. The van der Waals surface area contributed by atoms with Gasteiger partial charge in [-0.25, -0.2) is 26.7 Å². The van der Waals surface area contributed by atoms with Gasteiger partial charge in [0, 0.05) is 0 Å². The van der Waals surface area contributed by atoms with Crippen LogP contribution in [0.25, 0.3) is 0 Å². The van der Waals surface area contributed by atoms with E-state index >= 15 is 0 Å². The zero-order chi connectivity index (χ0) is 18.6. The lowest BCUT2D eigenvalue weighted by Gasteiger charge is -2.09. The third-order valence-electron chi connectivity index (χ3n) is 3.32. The van der Waals surface area contributed by atoms with E-state index < -0.39 is 33.2 Å². The van der Waals surface area contributed by atoms with Crippen LogP contribution in [-0.2, 0) is 21.4 Å². The first kappa shape index (κ1) is 18.8. The molecule has 6 nitrogen and oxygen atoms in total. The minimum atomic E-state index is -3.84. The molecule has 25 heavy (non-hydrogen) atoms. The van der Waals surface area contributed by atoms with Crippen molar-refractivity contribution in [1.29, 1.82) is 0 Å². The monoisotopic (exact) mass is 371 g/mol. The summed E-state index contributed by atoms with van der Waals surface area (Å²) in [7, 11) is -1.34. The van der Waals surface area contributed by atoms with Crippen LogP contribution in [-0.4, -0.2) is 28.5 Å². The molecule has 0 heterocycles. The lowest BCUT2D eigenvalue weighted by atomic mass is 10.2. The average Bonchev–Trinajstić information content (AvgIpc) is 2.60. The fraction of sp³-hybridized carbons (Fsp3) is 0.188. The molecule has 0 atom stereocenters. The second kappa shape index (κ2) is 7.58. The van der Waals surface area contributed by atoms with Gasteiger partial charge < -0.3 is 9.47 Å². The van der Waals surface area contributed by atoms with Crippen molar-refractivity contribution in [3.63, 3.8) is 0 Å². The van der Waals surface area contributed by atoms with Crippen molar-refractivity contribution in [2.45, 2.75) is 11.5 Å². The molecule has 0 amide bonds. The van der Waals surface area contributed by atoms with E-state index in [1.54, 1.807) is 0 Å². The Bertz CT molecular complexity index is 899. The van der Waals surface area contributed by atoms with E-state index in [9.17, 15) is 22.0 Å². The highest BCUT2D eigenvalue weighted by Gasteiger charge is 2.19. The molecule has 2 aromatic rings. The molecule has 0 aliphatic heterocycles. The summed E-state index contributed by atoms with van der Waals surface area (Å²) in [6.07, 6.45) is 0. The summed E-state index contributed by atoms with van der Waals surface area (Å²) in [6.45, 7) is -0.317. The van der Waals surface area contributed by atoms with Crippen LogP contribution < -0.4 is 9.46 Å². The van der Waals surface area contributed by atoms with Crippen LogP contribution in [0.15, 0.2) is 41.3 Å². The van der Waals surface area contributed by atoms with E-state index in [0.29, 0.717) is 5.56 Å². The zero-order valence-corrected chi connectivity index (χ0v) is 14.2. The largest absolute Gasteiger partial charge is 0.494 e. The number of hydrogen-bond donors (Lipinski definition) is 1. The number of halogens is 2. The Balaban J connectivity index is 2.18. The topological polar surface area (TPSA) is 81.7 Å². The van der Waals surface area contributed by atoms with E-state index in [-0.39, 0.29) is 17.3 Å². The molecule has 9 heteroatoms. The summed E-state index contributed by atoms with van der Waals surface area (Å²) in [5, 5.41) is 0. The minimum Gasteiger partial charge on any atom is -0.494 e. The smallest absolute Gasteiger partial charge is 0.341 e. The lowest BCUT2D eigenvalue weighted by Crippen LogP contribution is -2.19. The minimum absolute atomic E-state index is 0.0334. The van der Waals surface area contributed by atoms with Crippen molar-refractivity contribution in [2.75, 3.05) is 14.2 Å². The van der Waals surface area contributed by atoms with Gasteiger partial charge >= 0.3 is 5.97 Å². The predicted molar refractivity (Wildman–Crippen MR) is 84.7 cm³/mol. The summed E-state index contributed by atoms with van der Waals surface area (Å²) < 4.78 is 62.6. The summed E-state index contributed by atoms with van der Waals surface area (Å²) >= 11 is 0. The van der Waals surface area contributed by atoms with Gasteiger partial charge in [-0.15, -0.1) is 0 Å². The summed E-state index contributed by atoms with van der Waals surface area (Å²) in [6, 6.07) is 6.71. The first-order valence-electron chi connectivity index (χ1n) is 7.01.